The van der Waals surface area contributed by atoms with Crippen LogP contribution in [0.2, 0.25) is 10.0 Å². The minimum absolute atomic E-state index is 0.205. The van der Waals surface area contributed by atoms with Crippen LogP contribution in [-0.4, -0.2) is 17.4 Å². The number of aromatic nitrogens is 1. The second kappa shape index (κ2) is 6.42. The van der Waals surface area contributed by atoms with Crippen molar-refractivity contribution in [3.63, 3.8) is 0 Å². The Morgan fingerprint density at radius 1 is 1.09 bits per heavy atom. The van der Waals surface area contributed by atoms with Gasteiger partial charge in [0, 0.05) is 22.5 Å². The molecule has 3 nitrogen and oxygen atoms in total. The summed E-state index contributed by atoms with van der Waals surface area (Å²) in [6.07, 6.45) is 0.712. The molecule has 0 radical (unpaired) electrons. The molecule has 0 atom stereocenters. The van der Waals surface area contributed by atoms with Crippen LogP contribution in [0, 0.1) is 0 Å². The first-order valence-corrected chi connectivity index (χ1v) is 7.69. The number of hydrogen-bond acceptors (Lipinski definition) is 1. The Morgan fingerprint density at radius 2 is 1.91 bits per heavy atom. The fourth-order valence-corrected chi connectivity index (χ4v) is 2.88. The van der Waals surface area contributed by atoms with Crippen molar-refractivity contribution >= 4 is 40.0 Å². The van der Waals surface area contributed by atoms with Gasteiger partial charge in [-0.1, -0.05) is 53.5 Å². The summed E-state index contributed by atoms with van der Waals surface area (Å²) in [5.41, 5.74) is 2.33. The van der Waals surface area contributed by atoms with Crippen LogP contribution >= 0.6 is 23.2 Å². The number of nitrogens with one attached hydrogen (secondary N) is 2. The van der Waals surface area contributed by atoms with E-state index in [1.807, 2.05) is 48.5 Å². The van der Waals surface area contributed by atoms with Crippen LogP contribution in [-0.2, 0) is 6.42 Å². The molecule has 112 valence electrons. The number of carbonyl (C=O) groups excluding carboxylic acids is 1. The summed E-state index contributed by atoms with van der Waals surface area (Å²) in [6.45, 7) is 0.519. The molecule has 0 aliphatic carbocycles. The molecule has 0 saturated carbocycles. The van der Waals surface area contributed by atoms with E-state index in [0.717, 1.165) is 16.5 Å². The average Bonchev–Trinajstić information content (AvgIpc) is 2.85. The van der Waals surface area contributed by atoms with Crippen LogP contribution in [0.15, 0.2) is 48.5 Å². The number of halogens is 2. The lowest BCUT2D eigenvalue weighted by atomic mass is 10.1. The summed E-state index contributed by atoms with van der Waals surface area (Å²) in [5, 5.41) is 4.87. The molecule has 0 unspecified atom stereocenters. The molecular formula is C17H14Cl2N2O. The van der Waals surface area contributed by atoms with E-state index in [1.165, 1.54) is 0 Å². The number of hydrogen-bond donors (Lipinski definition) is 2. The summed E-state index contributed by atoms with van der Waals surface area (Å²) in [4.78, 5) is 15.3. The number of amides is 1. The van der Waals surface area contributed by atoms with E-state index < -0.39 is 0 Å². The third-order valence-electron chi connectivity index (χ3n) is 3.46. The molecule has 0 fully saturated rings. The maximum Gasteiger partial charge on any atom is 0.269 e. The van der Waals surface area contributed by atoms with Crippen molar-refractivity contribution in [1.29, 1.82) is 0 Å². The van der Waals surface area contributed by atoms with Gasteiger partial charge in [0.15, 0.2) is 0 Å². The summed E-state index contributed by atoms with van der Waals surface area (Å²) in [6, 6.07) is 15.2. The standard InChI is InChI=1S/C17H14Cl2N2O/c18-12-5-3-4-11(10-12)8-9-20-17(22)16-15(19)13-6-1-2-7-14(13)21-16/h1-7,10,21H,8-9H2,(H,20,22). The van der Waals surface area contributed by atoms with Gasteiger partial charge in [-0.15, -0.1) is 0 Å². The molecule has 0 aliphatic heterocycles. The highest BCUT2D eigenvalue weighted by Crippen LogP contribution is 2.26. The Balaban J connectivity index is 1.67. The smallest absolute Gasteiger partial charge is 0.269 e. The van der Waals surface area contributed by atoms with Crippen molar-refractivity contribution in [2.75, 3.05) is 6.54 Å². The Kier molecular flexibility index (Phi) is 4.36. The molecule has 0 aliphatic rings. The van der Waals surface area contributed by atoms with E-state index in [4.69, 9.17) is 23.2 Å². The van der Waals surface area contributed by atoms with Crippen molar-refractivity contribution in [2.24, 2.45) is 0 Å². The molecule has 22 heavy (non-hydrogen) atoms. The summed E-state index contributed by atoms with van der Waals surface area (Å²) in [5.74, 6) is -0.205. The van der Waals surface area contributed by atoms with E-state index >= 15 is 0 Å². The molecule has 1 heterocycles. The minimum Gasteiger partial charge on any atom is -0.350 e. The molecule has 2 aromatic carbocycles. The molecule has 0 saturated heterocycles. The molecule has 2 N–H and O–H groups in total. The van der Waals surface area contributed by atoms with E-state index in [1.54, 1.807) is 0 Å². The van der Waals surface area contributed by atoms with Crippen molar-refractivity contribution in [1.82, 2.24) is 10.3 Å². The predicted molar refractivity (Wildman–Crippen MR) is 90.8 cm³/mol. The summed E-state index contributed by atoms with van der Waals surface area (Å²) < 4.78 is 0. The van der Waals surface area contributed by atoms with Crippen LogP contribution < -0.4 is 5.32 Å². The van der Waals surface area contributed by atoms with Gasteiger partial charge >= 0.3 is 0 Å². The fraction of sp³-hybridized carbons (Fsp3) is 0.118. The van der Waals surface area contributed by atoms with Gasteiger partial charge < -0.3 is 10.3 Å². The van der Waals surface area contributed by atoms with Crippen molar-refractivity contribution < 1.29 is 4.79 Å². The molecular weight excluding hydrogens is 319 g/mol. The summed E-state index contributed by atoms with van der Waals surface area (Å²) >= 11 is 12.2. The van der Waals surface area contributed by atoms with Gasteiger partial charge in [0.1, 0.15) is 5.69 Å². The number of fused-ring (bicyclic) bond motifs is 1. The van der Waals surface area contributed by atoms with Gasteiger partial charge in [-0.3, -0.25) is 4.79 Å². The highest BCUT2D eigenvalue weighted by Gasteiger charge is 2.15. The quantitative estimate of drug-likeness (QED) is 0.728. The first kappa shape index (κ1) is 14.9. The summed E-state index contributed by atoms with van der Waals surface area (Å²) in [7, 11) is 0. The third-order valence-corrected chi connectivity index (χ3v) is 4.09. The van der Waals surface area contributed by atoms with Crippen molar-refractivity contribution in [3.8, 4) is 0 Å². The molecule has 3 rings (SSSR count). The van der Waals surface area contributed by atoms with E-state index in [-0.39, 0.29) is 5.91 Å². The number of rotatable bonds is 4. The van der Waals surface area contributed by atoms with Crippen LogP contribution in [0.1, 0.15) is 16.1 Å². The van der Waals surface area contributed by atoms with Gasteiger partial charge in [-0.25, -0.2) is 0 Å². The fourth-order valence-electron chi connectivity index (χ4n) is 2.37. The largest absolute Gasteiger partial charge is 0.350 e. The van der Waals surface area contributed by atoms with Gasteiger partial charge in [-0.05, 0) is 30.2 Å². The first-order valence-electron chi connectivity index (χ1n) is 6.94. The molecule has 3 aromatic rings. The zero-order valence-corrected chi connectivity index (χ0v) is 13.2. The van der Waals surface area contributed by atoms with Crippen LogP contribution in [0.4, 0.5) is 0 Å². The van der Waals surface area contributed by atoms with Crippen LogP contribution in [0.3, 0.4) is 0 Å². The number of para-hydroxylation sites is 1. The monoisotopic (exact) mass is 332 g/mol. The Bertz CT molecular complexity index is 826. The van der Waals surface area contributed by atoms with E-state index in [9.17, 15) is 4.79 Å². The predicted octanol–water partition coefficient (Wildman–Crippen LogP) is 4.45. The highest BCUT2D eigenvalue weighted by atomic mass is 35.5. The first-order chi connectivity index (χ1) is 10.6. The molecule has 1 amide bonds. The molecule has 1 aromatic heterocycles. The Morgan fingerprint density at radius 3 is 2.68 bits per heavy atom. The molecule has 5 heteroatoms. The number of carbonyl (C=O) groups is 1. The maximum absolute atomic E-state index is 12.2. The number of aromatic amines is 1. The lowest BCUT2D eigenvalue weighted by Crippen LogP contribution is -2.26. The lowest BCUT2D eigenvalue weighted by Gasteiger charge is -2.05. The normalized spacial score (nSPS) is 10.8. The van der Waals surface area contributed by atoms with Crippen molar-refractivity contribution in [2.45, 2.75) is 6.42 Å². The second-order valence-electron chi connectivity index (χ2n) is 5.00. The average molecular weight is 333 g/mol. The number of benzene rings is 2. The van der Waals surface area contributed by atoms with E-state index in [0.29, 0.717) is 28.7 Å². The molecule has 0 spiro atoms. The maximum atomic E-state index is 12.2. The topological polar surface area (TPSA) is 44.9 Å². The van der Waals surface area contributed by atoms with Crippen LogP contribution in [0.5, 0.6) is 0 Å². The van der Waals surface area contributed by atoms with Crippen LogP contribution in [0.25, 0.3) is 10.9 Å². The minimum atomic E-state index is -0.205. The van der Waals surface area contributed by atoms with Crippen molar-refractivity contribution in [3.05, 3.63) is 69.8 Å². The highest BCUT2D eigenvalue weighted by molar-refractivity contribution is 6.38. The zero-order chi connectivity index (χ0) is 15.5. The number of H-pyrrole nitrogens is 1. The van der Waals surface area contributed by atoms with Gasteiger partial charge in [0.2, 0.25) is 0 Å². The Labute approximate surface area is 138 Å². The van der Waals surface area contributed by atoms with Gasteiger partial charge in [0.25, 0.3) is 5.91 Å². The van der Waals surface area contributed by atoms with Gasteiger partial charge in [-0.2, -0.15) is 0 Å². The third kappa shape index (κ3) is 3.11. The lowest BCUT2D eigenvalue weighted by molar-refractivity contribution is 0.0950. The SMILES string of the molecule is O=C(NCCc1cccc(Cl)c1)c1[nH]c2ccccc2c1Cl. The molecule has 0 bridgehead atoms. The van der Waals surface area contributed by atoms with E-state index in [2.05, 4.69) is 10.3 Å². The van der Waals surface area contributed by atoms with Gasteiger partial charge in [0.05, 0.1) is 5.02 Å². The second-order valence-corrected chi connectivity index (χ2v) is 5.81. The Hall–Kier alpha value is -1.97. The zero-order valence-electron chi connectivity index (χ0n) is 11.7.